The van der Waals surface area contributed by atoms with E-state index < -0.39 is 0 Å². The molecule has 1 atom stereocenters. The van der Waals surface area contributed by atoms with Crippen molar-refractivity contribution in [3.05, 3.63) is 11.6 Å². The quantitative estimate of drug-likeness (QED) is 0.395. The summed E-state index contributed by atoms with van der Waals surface area (Å²) in [6.45, 7) is 14.2. The standard InChI is InChI=1S/C21H41N5/c1-5-22-21(23-12-11-19-9-7-6-8-10-19)24-17-20(18(2)3)26-15-13-25(4)14-16-26/h9,18,20H,5-8,10-17H2,1-4H3,(H2,22,23,24). The molecule has 1 heterocycles. The van der Waals surface area contributed by atoms with Crippen molar-refractivity contribution >= 4 is 5.96 Å². The number of aliphatic imine (C=N–C) groups is 1. The molecule has 0 bridgehead atoms. The summed E-state index contributed by atoms with van der Waals surface area (Å²) in [5.74, 6) is 1.60. The topological polar surface area (TPSA) is 42.9 Å². The van der Waals surface area contributed by atoms with Crippen LogP contribution in [-0.2, 0) is 0 Å². The van der Waals surface area contributed by atoms with Gasteiger partial charge in [0.25, 0.3) is 0 Å². The number of piperazine rings is 1. The third-order valence-corrected chi connectivity index (χ3v) is 5.68. The molecule has 0 aromatic heterocycles. The second kappa shape index (κ2) is 11.6. The monoisotopic (exact) mass is 363 g/mol. The summed E-state index contributed by atoms with van der Waals surface area (Å²) in [5.41, 5.74) is 1.62. The number of guanidine groups is 1. The number of likely N-dealkylation sites (N-methyl/N-ethyl adjacent to an activating group) is 1. The summed E-state index contributed by atoms with van der Waals surface area (Å²) in [7, 11) is 2.22. The Hall–Kier alpha value is -1.07. The van der Waals surface area contributed by atoms with Crippen LogP contribution in [0.25, 0.3) is 0 Å². The molecule has 1 aliphatic carbocycles. The number of hydrogen-bond acceptors (Lipinski definition) is 3. The van der Waals surface area contributed by atoms with Crippen molar-refractivity contribution < 1.29 is 0 Å². The maximum absolute atomic E-state index is 4.93. The first kappa shape index (κ1) is 21.2. The van der Waals surface area contributed by atoms with Gasteiger partial charge in [-0.15, -0.1) is 0 Å². The highest BCUT2D eigenvalue weighted by atomic mass is 15.3. The highest BCUT2D eigenvalue weighted by Crippen LogP contribution is 2.19. The van der Waals surface area contributed by atoms with Crippen LogP contribution in [-0.4, -0.2) is 74.7 Å². The molecule has 150 valence electrons. The van der Waals surface area contributed by atoms with Crippen LogP contribution in [0.2, 0.25) is 0 Å². The van der Waals surface area contributed by atoms with Crippen molar-refractivity contribution in [3.8, 4) is 0 Å². The Morgan fingerprint density at radius 3 is 2.54 bits per heavy atom. The van der Waals surface area contributed by atoms with Crippen molar-refractivity contribution in [2.75, 3.05) is 52.9 Å². The van der Waals surface area contributed by atoms with Gasteiger partial charge in [-0.2, -0.15) is 0 Å². The SMILES string of the molecule is CCNC(=NCC(C(C)C)N1CCN(C)CC1)NCCC1=CCCCC1. The van der Waals surface area contributed by atoms with Gasteiger partial charge in [-0.1, -0.05) is 25.5 Å². The molecule has 0 aromatic rings. The molecule has 0 radical (unpaired) electrons. The Morgan fingerprint density at radius 2 is 1.92 bits per heavy atom. The van der Waals surface area contributed by atoms with Crippen LogP contribution in [0.4, 0.5) is 0 Å². The third kappa shape index (κ3) is 7.28. The molecule has 5 nitrogen and oxygen atoms in total. The zero-order valence-corrected chi connectivity index (χ0v) is 17.6. The molecule has 26 heavy (non-hydrogen) atoms. The van der Waals surface area contributed by atoms with E-state index in [-0.39, 0.29) is 0 Å². The molecular formula is C21H41N5. The molecule has 2 N–H and O–H groups in total. The molecular weight excluding hydrogens is 322 g/mol. The lowest BCUT2D eigenvalue weighted by Crippen LogP contribution is -2.52. The van der Waals surface area contributed by atoms with E-state index in [0.29, 0.717) is 12.0 Å². The van der Waals surface area contributed by atoms with Crippen LogP contribution in [0.1, 0.15) is 52.9 Å². The third-order valence-electron chi connectivity index (χ3n) is 5.68. The first-order valence-corrected chi connectivity index (χ1v) is 10.7. The fraction of sp³-hybridized carbons (Fsp3) is 0.857. The van der Waals surface area contributed by atoms with E-state index >= 15 is 0 Å². The summed E-state index contributed by atoms with van der Waals surface area (Å²) in [5, 5.41) is 6.96. The lowest BCUT2D eigenvalue weighted by Gasteiger charge is -2.39. The maximum Gasteiger partial charge on any atom is 0.191 e. The molecule has 0 saturated carbocycles. The Morgan fingerprint density at radius 1 is 1.15 bits per heavy atom. The minimum absolute atomic E-state index is 0.528. The first-order valence-electron chi connectivity index (χ1n) is 10.7. The lowest BCUT2D eigenvalue weighted by molar-refractivity contribution is 0.0925. The number of nitrogens with zero attached hydrogens (tertiary/aromatic N) is 3. The molecule has 2 rings (SSSR count). The van der Waals surface area contributed by atoms with Gasteiger partial charge in [-0.3, -0.25) is 9.89 Å². The van der Waals surface area contributed by atoms with E-state index in [1.165, 1.54) is 38.8 Å². The van der Waals surface area contributed by atoms with E-state index in [4.69, 9.17) is 4.99 Å². The molecule has 5 heteroatoms. The summed E-state index contributed by atoms with van der Waals surface area (Å²) < 4.78 is 0. The molecule has 1 unspecified atom stereocenters. The number of allylic oxidation sites excluding steroid dienone is 1. The van der Waals surface area contributed by atoms with E-state index in [9.17, 15) is 0 Å². The van der Waals surface area contributed by atoms with Gasteiger partial charge in [0.15, 0.2) is 5.96 Å². The van der Waals surface area contributed by atoms with Gasteiger partial charge in [0.1, 0.15) is 0 Å². The predicted molar refractivity (Wildman–Crippen MR) is 113 cm³/mol. The highest BCUT2D eigenvalue weighted by Gasteiger charge is 2.24. The van der Waals surface area contributed by atoms with Crippen molar-refractivity contribution in [2.24, 2.45) is 10.9 Å². The van der Waals surface area contributed by atoms with Gasteiger partial charge in [-0.25, -0.2) is 0 Å². The van der Waals surface area contributed by atoms with Crippen LogP contribution < -0.4 is 10.6 Å². The molecule has 2 aliphatic rings. The van der Waals surface area contributed by atoms with Crippen LogP contribution in [0.5, 0.6) is 0 Å². The first-order chi connectivity index (χ1) is 12.6. The lowest BCUT2D eigenvalue weighted by atomic mass is 9.97. The summed E-state index contributed by atoms with van der Waals surface area (Å²) in [6, 6.07) is 0.528. The normalized spacial score (nSPS) is 21.6. The largest absolute Gasteiger partial charge is 0.357 e. The van der Waals surface area contributed by atoms with Crippen molar-refractivity contribution in [3.63, 3.8) is 0 Å². The molecule has 0 aromatic carbocycles. The van der Waals surface area contributed by atoms with E-state index in [0.717, 1.165) is 45.1 Å². The van der Waals surface area contributed by atoms with Crippen molar-refractivity contribution in [1.82, 2.24) is 20.4 Å². The molecule has 0 spiro atoms. The van der Waals surface area contributed by atoms with Gasteiger partial charge < -0.3 is 15.5 Å². The summed E-state index contributed by atoms with van der Waals surface area (Å²) >= 11 is 0. The Balaban J connectivity index is 1.85. The van der Waals surface area contributed by atoms with Gasteiger partial charge in [0.05, 0.1) is 6.54 Å². The zero-order chi connectivity index (χ0) is 18.8. The Kier molecular flexibility index (Phi) is 9.48. The number of nitrogens with one attached hydrogen (secondary N) is 2. The Bertz CT molecular complexity index is 449. The molecule has 1 saturated heterocycles. The van der Waals surface area contributed by atoms with Crippen molar-refractivity contribution in [2.45, 2.75) is 58.9 Å². The highest BCUT2D eigenvalue weighted by molar-refractivity contribution is 5.79. The minimum Gasteiger partial charge on any atom is -0.357 e. The maximum atomic E-state index is 4.93. The van der Waals surface area contributed by atoms with Crippen LogP contribution >= 0.6 is 0 Å². The van der Waals surface area contributed by atoms with E-state index in [2.05, 4.69) is 54.3 Å². The second-order valence-corrected chi connectivity index (χ2v) is 8.16. The number of rotatable bonds is 8. The molecule has 0 amide bonds. The molecule has 1 fully saturated rings. The fourth-order valence-electron chi connectivity index (χ4n) is 3.90. The fourth-order valence-corrected chi connectivity index (χ4v) is 3.90. The average molecular weight is 364 g/mol. The van der Waals surface area contributed by atoms with Gasteiger partial charge in [0.2, 0.25) is 0 Å². The smallest absolute Gasteiger partial charge is 0.191 e. The Labute approximate surface area is 161 Å². The second-order valence-electron chi connectivity index (χ2n) is 8.16. The van der Waals surface area contributed by atoms with Crippen molar-refractivity contribution in [1.29, 1.82) is 0 Å². The van der Waals surface area contributed by atoms with Gasteiger partial charge >= 0.3 is 0 Å². The van der Waals surface area contributed by atoms with E-state index in [1.807, 2.05) is 0 Å². The minimum atomic E-state index is 0.528. The summed E-state index contributed by atoms with van der Waals surface area (Å²) in [4.78, 5) is 9.98. The number of hydrogen-bond donors (Lipinski definition) is 2. The zero-order valence-electron chi connectivity index (χ0n) is 17.6. The van der Waals surface area contributed by atoms with Crippen LogP contribution in [0.3, 0.4) is 0 Å². The van der Waals surface area contributed by atoms with E-state index in [1.54, 1.807) is 5.57 Å². The summed E-state index contributed by atoms with van der Waals surface area (Å²) in [6.07, 6.45) is 8.87. The molecule has 1 aliphatic heterocycles. The van der Waals surface area contributed by atoms with Crippen LogP contribution in [0.15, 0.2) is 16.6 Å². The predicted octanol–water partition coefficient (Wildman–Crippen LogP) is 2.70. The van der Waals surface area contributed by atoms with Gasteiger partial charge in [0, 0.05) is 45.3 Å². The average Bonchev–Trinajstić information content (AvgIpc) is 2.64. The van der Waals surface area contributed by atoms with Gasteiger partial charge in [-0.05, 0) is 52.0 Å². The van der Waals surface area contributed by atoms with Crippen LogP contribution in [0, 0.1) is 5.92 Å².